The summed E-state index contributed by atoms with van der Waals surface area (Å²) < 4.78 is 41.3. The van der Waals surface area contributed by atoms with Gasteiger partial charge in [0.05, 0.1) is 5.56 Å². The average molecular weight is 296 g/mol. The van der Waals surface area contributed by atoms with Crippen molar-refractivity contribution < 1.29 is 22.7 Å². The number of para-hydroxylation sites is 1. The van der Waals surface area contributed by atoms with Gasteiger partial charge in [-0.15, -0.1) is 13.2 Å². The lowest BCUT2D eigenvalue weighted by Crippen LogP contribution is -2.20. The molecule has 4 unspecified atom stereocenters. The van der Waals surface area contributed by atoms with E-state index in [1.54, 1.807) is 6.07 Å². The number of rotatable bonds is 3. The Bertz CT molecular complexity index is 579. The predicted octanol–water partition coefficient (Wildman–Crippen LogP) is 4.06. The molecule has 0 aromatic heterocycles. The predicted molar refractivity (Wildman–Crippen MR) is 68.8 cm³/mol. The average Bonchev–Trinajstić information content (AvgIpc) is 2.85. The van der Waals surface area contributed by atoms with Crippen LogP contribution in [0.2, 0.25) is 0 Å². The third-order valence-electron chi connectivity index (χ3n) is 5.42. The summed E-state index contributed by atoms with van der Waals surface area (Å²) in [5.41, 5.74) is 0.0774. The van der Waals surface area contributed by atoms with Gasteiger partial charge in [-0.05, 0) is 55.1 Å². The second kappa shape index (κ2) is 4.24. The van der Waals surface area contributed by atoms with Gasteiger partial charge in [-0.25, -0.2) is 0 Å². The number of ether oxygens (including phenoxy) is 1. The highest BCUT2D eigenvalue weighted by Gasteiger charge is 2.67. The molecule has 2 nitrogen and oxygen atoms in total. The van der Waals surface area contributed by atoms with Crippen molar-refractivity contribution in [2.45, 2.75) is 25.6 Å². The second-order valence-electron chi connectivity index (χ2n) is 6.42. The first-order valence-electron chi connectivity index (χ1n) is 7.35. The molecule has 0 aliphatic heterocycles. The highest BCUT2D eigenvalue weighted by Crippen LogP contribution is 2.70. The van der Waals surface area contributed by atoms with Crippen molar-refractivity contribution in [2.24, 2.45) is 29.6 Å². The normalized spacial score (nSPS) is 36.4. The Hall–Kier alpha value is -1.52. The molecular weight excluding hydrogens is 281 g/mol. The van der Waals surface area contributed by atoms with Crippen molar-refractivity contribution >= 4 is 5.78 Å². The largest absolute Gasteiger partial charge is 0.573 e. The molecule has 0 amide bonds. The van der Waals surface area contributed by atoms with Crippen LogP contribution < -0.4 is 4.74 Å². The SMILES string of the molecule is O=C(c1ccccc1OC(F)(F)F)C1C2C3CCC(C3)C12. The quantitative estimate of drug-likeness (QED) is 0.786. The van der Waals surface area contributed by atoms with E-state index < -0.39 is 6.36 Å². The first kappa shape index (κ1) is 13.2. The lowest BCUT2D eigenvalue weighted by Gasteiger charge is -2.13. The number of alkyl halides is 3. The van der Waals surface area contributed by atoms with Gasteiger partial charge < -0.3 is 4.74 Å². The number of fused-ring (bicyclic) bond motifs is 5. The zero-order valence-corrected chi connectivity index (χ0v) is 11.3. The van der Waals surface area contributed by atoms with Gasteiger partial charge in [-0.3, -0.25) is 4.79 Å². The van der Waals surface area contributed by atoms with E-state index >= 15 is 0 Å². The van der Waals surface area contributed by atoms with Gasteiger partial charge in [0, 0.05) is 5.92 Å². The maximum atomic E-state index is 12.6. The molecule has 0 N–H and O–H groups in total. The summed E-state index contributed by atoms with van der Waals surface area (Å²) in [6.07, 6.45) is -1.21. The molecule has 0 spiro atoms. The molecule has 3 aliphatic rings. The highest BCUT2D eigenvalue weighted by atomic mass is 19.4. The van der Waals surface area contributed by atoms with Crippen LogP contribution in [0.1, 0.15) is 29.6 Å². The first-order chi connectivity index (χ1) is 9.96. The summed E-state index contributed by atoms with van der Waals surface area (Å²) >= 11 is 0. The van der Waals surface area contributed by atoms with Crippen LogP contribution in [-0.4, -0.2) is 12.1 Å². The van der Waals surface area contributed by atoms with Crippen LogP contribution in [-0.2, 0) is 0 Å². The van der Waals surface area contributed by atoms with Gasteiger partial charge >= 0.3 is 6.36 Å². The standard InChI is InChI=1S/C16H15F3O2/c17-16(18,19)21-11-4-2-1-3-10(11)15(20)14-12-8-5-6-9(7-8)13(12)14/h1-4,8-9,12-14H,5-7H2. The number of carbonyl (C=O) groups is 1. The van der Waals surface area contributed by atoms with Crippen LogP contribution in [0.25, 0.3) is 0 Å². The molecule has 2 bridgehead atoms. The van der Waals surface area contributed by atoms with Crippen molar-refractivity contribution in [1.82, 2.24) is 0 Å². The topological polar surface area (TPSA) is 26.3 Å². The van der Waals surface area contributed by atoms with Crippen molar-refractivity contribution in [1.29, 1.82) is 0 Å². The molecule has 3 fully saturated rings. The Labute approximate surface area is 120 Å². The molecule has 0 radical (unpaired) electrons. The number of hydrogen-bond donors (Lipinski definition) is 0. The summed E-state index contributed by atoms with van der Waals surface area (Å²) in [5.74, 6) is 1.45. The monoisotopic (exact) mass is 296 g/mol. The second-order valence-corrected chi connectivity index (χ2v) is 6.42. The summed E-state index contributed by atoms with van der Waals surface area (Å²) in [7, 11) is 0. The number of halogens is 3. The van der Waals surface area contributed by atoms with E-state index in [1.807, 2.05) is 0 Å². The number of ketones is 1. The van der Waals surface area contributed by atoms with Gasteiger partial charge in [-0.2, -0.15) is 0 Å². The molecule has 21 heavy (non-hydrogen) atoms. The van der Waals surface area contributed by atoms with Gasteiger partial charge in [0.2, 0.25) is 0 Å². The minimum absolute atomic E-state index is 0.0748. The fourth-order valence-corrected chi connectivity index (χ4v) is 4.74. The highest BCUT2D eigenvalue weighted by molar-refractivity contribution is 6.02. The maximum absolute atomic E-state index is 12.6. The summed E-state index contributed by atoms with van der Waals surface area (Å²) in [5, 5.41) is 0. The summed E-state index contributed by atoms with van der Waals surface area (Å²) in [6.45, 7) is 0. The lowest BCUT2D eigenvalue weighted by atomic mass is 9.96. The zero-order chi connectivity index (χ0) is 14.8. The van der Waals surface area contributed by atoms with E-state index in [2.05, 4.69) is 4.74 Å². The van der Waals surface area contributed by atoms with Crippen LogP contribution in [0.3, 0.4) is 0 Å². The number of carbonyl (C=O) groups excluding carboxylic acids is 1. The Kier molecular flexibility index (Phi) is 2.66. The Morgan fingerprint density at radius 1 is 1.10 bits per heavy atom. The molecule has 4 rings (SSSR count). The van der Waals surface area contributed by atoms with Crippen LogP contribution >= 0.6 is 0 Å². The van der Waals surface area contributed by atoms with E-state index in [0.29, 0.717) is 23.7 Å². The van der Waals surface area contributed by atoms with Crippen molar-refractivity contribution in [3.05, 3.63) is 29.8 Å². The molecule has 112 valence electrons. The molecule has 3 saturated carbocycles. The molecule has 5 heteroatoms. The molecule has 1 aromatic rings. The van der Waals surface area contributed by atoms with Gasteiger partial charge in [0.25, 0.3) is 0 Å². The summed E-state index contributed by atoms with van der Waals surface area (Å²) in [4.78, 5) is 12.6. The van der Waals surface area contributed by atoms with Crippen LogP contribution in [0.4, 0.5) is 13.2 Å². The van der Waals surface area contributed by atoms with E-state index in [0.717, 1.165) is 0 Å². The fourth-order valence-electron chi connectivity index (χ4n) is 4.74. The van der Waals surface area contributed by atoms with Crippen LogP contribution in [0, 0.1) is 29.6 Å². The van der Waals surface area contributed by atoms with E-state index in [9.17, 15) is 18.0 Å². The Morgan fingerprint density at radius 3 is 2.33 bits per heavy atom. The van der Waals surface area contributed by atoms with E-state index in [4.69, 9.17) is 0 Å². The van der Waals surface area contributed by atoms with Gasteiger partial charge in [-0.1, -0.05) is 12.1 Å². The maximum Gasteiger partial charge on any atom is 0.573 e. The Balaban J connectivity index is 1.59. The molecule has 4 atom stereocenters. The number of benzene rings is 1. The third kappa shape index (κ3) is 2.05. The number of Topliss-reactive ketones (excluding diaryl/α,β-unsaturated/α-hetero) is 1. The van der Waals surface area contributed by atoms with Crippen LogP contribution in [0.15, 0.2) is 24.3 Å². The molecule has 0 heterocycles. The van der Waals surface area contributed by atoms with Gasteiger partial charge in [0.1, 0.15) is 5.75 Å². The van der Waals surface area contributed by atoms with Gasteiger partial charge in [0.15, 0.2) is 5.78 Å². The number of hydrogen-bond acceptors (Lipinski definition) is 2. The van der Waals surface area contributed by atoms with Crippen molar-refractivity contribution in [3.63, 3.8) is 0 Å². The van der Waals surface area contributed by atoms with Crippen molar-refractivity contribution in [2.75, 3.05) is 0 Å². The van der Waals surface area contributed by atoms with Crippen LogP contribution in [0.5, 0.6) is 5.75 Å². The lowest BCUT2D eigenvalue weighted by molar-refractivity contribution is -0.274. The molecule has 3 aliphatic carbocycles. The molecule has 1 aromatic carbocycles. The third-order valence-corrected chi connectivity index (χ3v) is 5.42. The Morgan fingerprint density at radius 2 is 1.71 bits per heavy atom. The van der Waals surface area contributed by atoms with Crippen molar-refractivity contribution in [3.8, 4) is 5.75 Å². The fraction of sp³-hybridized carbons (Fsp3) is 0.562. The minimum atomic E-state index is -4.77. The first-order valence-corrected chi connectivity index (χ1v) is 7.35. The molecule has 0 saturated heterocycles. The summed E-state index contributed by atoms with van der Waals surface area (Å²) in [6, 6.07) is 5.70. The van der Waals surface area contributed by atoms with E-state index in [-0.39, 0.29) is 23.0 Å². The minimum Gasteiger partial charge on any atom is -0.405 e. The zero-order valence-electron chi connectivity index (χ0n) is 11.3. The smallest absolute Gasteiger partial charge is 0.405 e. The van der Waals surface area contributed by atoms with E-state index in [1.165, 1.54) is 37.5 Å². The molecular formula is C16H15F3O2.